The zero-order chi connectivity index (χ0) is 11.2. The molecule has 0 aliphatic rings. The Labute approximate surface area is 87.0 Å². The number of hydrogen-bond donors (Lipinski definition) is 2. The maximum atomic E-state index is 11.7. The molecule has 14 heavy (non-hydrogen) atoms. The van der Waals surface area contributed by atoms with Gasteiger partial charge in [0.15, 0.2) is 0 Å². The Balaban J connectivity index is 4.11. The van der Waals surface area contributed by atoms with Gasteiger partial charge >= 0.3 is 0 Å². The van der Waals surface area contributed by atoms with Gasteiger partial charge in [0.2, 0.25) is 5.91 Å². The maximum Gasteiger partial charge on any atom is 0.239 e. The van der Waals surface area contributed by atoms with Crippen LogP contribution in [-0.4, -0.2) is 24.0 Å². The average Bonchev–Trinajstić information content (AvgIpc) is 2.04. The van der Waals surface area contributed by atoms with E-state index < -0.39 is 5.54 Å². The van der Waals surface area contributed by atoms with Gasteiger partial charge in [0.25, 0.3) is 0 Å². The molecule has 2 N–H and O–H groups in total. The second-order valence-corrected chi connectivity index (χ2v) is 4.05. The summed E-state index contributed by atoms with van der Waals surface area (Å²) in [7, 11) is 0. The molecule has 0 heterocycles. The van der Waals surface area contributed by atoms with Crippen molar-refractivity contribution in [3.63, 3.8) is 0 Å². The van der Waals surface area contributed by atoms with Crippen molar-refractivity contribution < 1.29 is 4.79 Å². The first kappa shape index (κ1) is 13.2. The van der Waals surface area contributed by atoms with E-state index in [1.54, 1.807) is 0 Å². The van der Waals surface area contributed by atoms with Crippen LogP contribution in [0.5, 0.6) is 0 Å². The van der Waals surface area contributed by atoms with Gasteiger partial charge in [-0.2, -0.15) is 0 Å². The topological polar surface area (TPSA) is 41.1 Å². The zero-order valence-electron chi connectivity index (χ0n) is 9.68. The van der Waals surface area contributed by atoms with E-state index in [-0.39, 0.29) is 11.9 Å². The molecular formula is C11H22N2O. The Morgan fingerprint density at radius 3 is 2.57 bits per heavy atom. The standard InChI is InChI=1S/C11H22N2O/c1-6-8-9(3)13-10(14)11(4,5)12-7-2/h6,9,12H,1,7-8H2,2-5H3,(H,13,14). The van der Waals surface area contributed by atoms with Crippen LogP contribution in [-0.2, 0) is 4.79 Å². The molecule has 0 aromatic heterocycles. The van der Waals surface area contributed by atoms with E-state index in [1.807, 2.05) is 33.8 Å². The molecule has 1 amide bonds. The van der Waals surface area contributed by atoms with E-state index in [4.69, 9.17) is 0 Å². The molecule has 0 spiro atoms. The van der Waals surface area contributed by atoms with Crippen molar-refractivity contribution in [3.8, 4) is 0 Å². The Kier molecular flexibility index (Phi) is 5.46. The van der Waals surface area contributed by atoms with E-state index in [1.165, 1.54) is 0 Å². The Morgan fingerprint density at radius 2 is 2.14 bits per heavy atom. The molecule has 0 aromatic rings. The number of carbonyl (C=O) groups excluding carboxylic acids is 1. The molecule has 0 saturated heterocycles. The fraction of sp³-hybridized carbons (Fsp3) is 0.727. The summed E-state index contributed by atoms with van der Waals surface area (Å²) in [6, 6.07) is 0.151. The van der Waals surface area contributed by atoms with Crippen LogP contribution in [0.4, 0.5) is 0 Å². The van der Waals surface area contributed by atoms with Gasteiger partial charge in [-0.25, -0.2) is 0 Å². The Bertz CT molecular complexity index is 199. The van der Waals surface area contributed by atoms with Gasteiger partial charge in [0.05, 0.1) is 5.54 Å². The average molecular weight is 198 g/mol. The minimum atomic E-state index is -0.496. The second-order valence-electron chi connectivity index (χ2n) is 4.05. The van der Waals surface area contributed by atoms with Gasteiger partial charge in [0.1, 0.15) is 0 Å². The van der Waals surface area contributed by atoms with Gasteiger partial charge in [-0.1, -0.05) is 13.0 Å². The summed E-state index contributed by atoms with van der Waals surface area (Å²) in [5.41, 5.74) is -0.496. The highest BCUT2D eigenvalue weighted by molar-refractivity contribution is 5.85. The fourth-order valence-corrected chi connectivity index (χ4v) is 1.24. The van der Waals surface area contributed by atoms with Gasteiger partial charge in [-0.15, -0.1) is 6.58 Å². The summed E-state index contributed by atoms with van der Waals surface area (Å²) in [5.74, 6) is 0.0358. The third-order valence-electron chi connectivity index (χ3n) is 2.08. The van der Waals surface area contributed by atoms with Crippen molar-refractivity contribution in [2.45, 2.75) is 45.7 Å². The lowest BCUT2D eigenvalue weighted by Gasteiger charge is -2.26. The van der Waals surface area contributed by atoms with E-state index in [9.17, 15) is 4.79 Å². The normalized spacial score (nSPS) is 13.4. The quantitative estimate of drug-likeness (QED) is 0.634. The van der Waals surface area contributed by atoms with Crippen LogP contribution in [0.25, 0.3) is 0 Å². The van der Waals surface area contributed by atoms with Crippen molar-refractivity contribution in [1.82, 2.24) is 10.6 Å². The predicted octanol–water partition coefficient (Wildman–Crippen LogP) is 1.46. The summed E-state index contributed by atoms with van der Waals surface area (Å²) >= 11 is 0. The number of hydrogen-bond acceptors (Lipinski definition) is 2. The lowest BCUT2D eigenvalue weighted by molar-refractivity contribution is -0.127. The molecular weight excluding hydrogens is 176 g/mol. The summed E-state index contributed by atoms with van der Waals surface area (Å²) in [6.45, 7) is 12.2. The van der Waals surface area contributed by atoms with Crippen LogP contribution in [0.15, 0.2) is 12.7 Å². The van der Waals surface area contributed by atoms with Gasteiger partial charge in [-0.05, 0) is 33.7 Å². The molecule has 0 rings (SSSR count). The number of amides is 1. The van der Waals surface area contributed by atoms with Crippen molar-refractivity contribution in [3.05, 3.63) is 12.7 Å². The number of nitrogens with one attached hydrogen (secondary N) is 2. The minimum absolute atomic E-state index is 0.0358. The van der Waals surface area contributed by atoms with Gasteiger partial charge < -0.3 is 10.6 Å². The summed E-state index contributed by atoms with van der Waals surface area (Å²) in [4.78, 5) is 11.7. The monoisotopic (exact) mass is 198 g/mol. The van der Waals surface area contributed by atoms with Crippen LogP contribution in [0.2, 0.25) is 0 Å². The van der Waals surface area contributed by atoms with Crippen LogP contribution < -0.4 is 10.6 Å². The molecule has 0 aliphatic carbocycles. The van der Waals surface area contributed by atoms with Crippen LogP contribution in [0.1, 0.15) is 34.1 Å². The minimum Gasteiger partial charge on any atom is -0.352 e. The third kappa shape index (κ3) is 4.42. The highest BCUT2D eigenvalue weighted by atomic mass is 16.2. The van der Waals surface area contributed by atoms with E-state index >= 15 is 0 Å². The van der Waals surface area contributed by atoms with Crippen LogP contribution in [0, 0.1) is 0 Å². The molecule has 3 heteroatoms. The molecule has 0 aromatic carbocycles. The number of likely N-dealkylation sites (N-methyl/N-ethyl adjacent to an activating group) is 1. The molecule has 0 fully saturated rings. The van der Waals surface area contributed by atoms with E-state index in [2.05, 4.69) is 17.2 Å². The van der Waals surface area contributed by atoms with E-state index in [0.717, 1.165) is 13.0 Å². The highest BCUT2D eigenvalue weighted by Crippen LogP contribution is 2.03. The molecule has 3 nitrogen and oxygen atoms in total. The van der Waals surface area contributed by atoms with Gasteiger partial charge in [-0.3, -0.25) is 4.79 Å². The molecule has 82 valence electrons. The second kappa shape index (κ2) is 5.81. The van der Waals surface area contributed by atoms with Crippen molar-refractivity contribution in [2.75, 3.05) is 6.54 Å². The van der Waals surface area contributed by atoms with Crippen molar-refractivity contribution >= 4 is 5.91 Å². The smallest absolute Gasteiger partial charge is 0.239 e. The Hall–Kier alpha value is -0.830. The zero-order valence-corrected chi connectivity index (χ0v) is 9.68. The first-order valence-corrected chi connectivity index (χ1v) is 5.11. The van der Waals surface area contributed by atoms with E-state index in [0.29, 0.717) is 0 Å². The molecule has 0 radical (unpaired) electrons. The Morgan fingerprint density at radius 1 is 1.57 bits per heavy atom. The van der Waals surface area contributed by atoms with Crippen molar-refractivity contribution in [2.24, 2.45) is 0 Å². The SMILES string of the molecule is C=CCC(C)NC(=O)C(C)(C)NCC. The lowest BCUT2D eigenvalue weighted by Crippen LogP contribution is -2.54. The van der Waals surface area contributed by atoms with Gasteiger partial charge in [0, 0.05) is 6.04 Å². The molecule has 0 saturated carbocycles. The molecule has 1 unspecified atom stereocenters. The first-order chi connectivity index (χ1) is 6.44. The summed E-state index contributed by atoms with van der Waals surface area (Å²) in [6.07, 6.45) is 2.61. The predicted molar refractivity (Wildman–Crippen MR) is 60.2 cm³/mol. The lowest BCUT2D eigenvalue weighted by atomic mass is 10.0. The molecule has 0 bridgehead atoms. The maximum absolute atomic E-state index is 11.7. The third-order valence-corrected chi connectivity index (χ3v) is 2.08. The molecule has 1 atom stereocenters. The number of rotatable bonds is 6. The number of carbonyl (C=O) groups is 1. The summed E-state index contributed by atoms with van der Waals surface area (Å²) < 4.78 is 0. The van der Waals surface area contributed by atoms with Crippen LogP contribution >= 0.6 is 0 Å². The van der Waals surface area contributed by atoms with Crippen molar-refractivity contribution in [1.29, 1.82) is 0 Å². The largest absolute Gasteiger partial charge is 0.352 e. The molecule has 0 aliphatic heterocycles. The highest BCUT2D eigenvalue weighted by Gasteiger charge is 2.26. The van der Waals surface area contributed by atoms with Crippen LogP contribution in [0.3, 0.4) is 0 Å². The fourth-order valence-electron chi connectivity index (χ4n) is 1.24. The summed E-state index contributed by atoms with van der Waals surface area (Å²) in [5, 5.41) is 6.06. The first-order valence-electron chi connectivity index (χ1n) is 5.11.